The van der Waals surface area contributed by atoms with E-state index in [0.29, 0.717) is 12.6 Å². The van der Waals surface area contributed by atoms with Crippen LogP contribution in [-0.2, 0) is 9.53 Å². The van der Waals surface area contributed by atoms with E-state index in [1.807, 2.05) is 17.2 Å². The van der Waals surface area contributed by atoms with E-state index in [1.54, 1.807) is 0 Å². The molecule has 7 heteroatoms. The fourth-order valence-corrected chi connectivity index (χ4v) is 3.86. The van der Waals surface area contributed by atoms with Crippen molar-refractivity contribution in [3.05, 3.63) is 24.4 Å². The lowest BCUT2D eigenvalue weighted by atomic mass is 10.1. The Bertz CT molecular complexity index is 570. The van der Waals surface area contributed by atoms with Gasteiger partial charge in [-0.2, -0.15) is 0 Å². The van der Waals surface area contributed by atoms with Crippen molar-refractivity contribution in [2.24, 2.45) is 0 Å². The number of hydrogen-bond donors (Lipinski definition) is 0. The van der Waals surface area contributed by atoms with E-state index >= 15 is 0 Å². The molecule has 0 bridgehead atoms. The summed E-state index contributed by atoms with van der Waals surface area (Å²) in [5.41, 5.74) is 0. The van der Waals surface area contributed by atoms with E-state index in [-0.39, 0.29) is 12.5 Å². The standard InChI is InChI=1S/C18H27N5O2/c24-18-15-25-12-11-23(18)6-5-20-13-16(14-20)21-7-9-22(10-8-21)17-3-1-2-4-19-17/h1-4,16H,5-15H2. The van der Waals surface area contributed by atoms with E-state index in [2.05, 4.69) is 31.8 Å². The second-order valence-corrected chi connectivity index (χ2v) is 7.06. The van der Waals surface area contributed by atoms with Gasteiger partial charge in [-0.25, -0.2) is 4.98 Å². The zero-order valence-electron chi connectivity index (χ0n) is 14.7. The number of hydrogen-bond acceptors (Lipinski definition) is 6. The Hall–Kier alpha value is -1.70. The van der Waals surface area contributed by atoms with Crippen LogP contribution in [0.15, 0.2) is 24.4 Å². The molecule has 0 saturated carbocycles. The van der Waals surface area contributed by atoms with Crippen LogP contribution in [-0.4, -0.2) is 104 Å². The highest BCUT2D eigenvalue weighted by atomic mass is 16.5. The second-order valence-electron chi connectivity index (χ2n) is 7.06. The number of rotatable bonds is 5. The predicted molar refractivity (Wildman–Crippen MR) is 95.7 cm³/mol. The summed E-state index contributed by atoms with van der Waals surface area (Å²) in [5, 5.41) is 0. The van der Waals surface area contributed by atoms with Crippen LogP contribution < -0.4 is 4.90 Å². The van der Waals surface area contributed by atoms with Crippen LogP contribution in [0.25, 0.3) is 0 Å². The second kappa shape index (κ2) is 7.68. The minimum Gasteiger partial charge on any atom is -0.370 e. The summed E-state index contributed by atoms with van der Waals surface area (Å²) >= 11 is 0. The van der Waals surface area contributed by atoms with E-state index < -0.39 is 0 Å². The van der Waals surface area contributed by atoms with E-state index in [9.17, 15) is 4.79 Å². The van der Waals surface area contributed by atoms with Crippen molar-refractivity contribution < 1.29 is 9.53 Å². The molecule has 0 N–H and O–H groups in total. The number of anilines is 1. The Kier molecular flexibility index (Phi) is 5.14. The summed E-state index contributed by atoms with van der Waals surface area (Å²) < 4.78 is 5.18. The highest BCUT2D eigenvalue weighted by molar-refractivity contribution is 5.77. The van der Waals surface area contributed by atoms with Crippen LogP contribution in [0.1, 0.15) is 0 Å². The highest BCUT2D eigenvalue weighted by Crippen LogP contribution is 2.19. The number of pyridine rings is 1. The maximum atomic E-state index is 11.7. The smallest absolute Gasteiger partial charge is 0.248 e. The number of nitrogens with zero attached hydrogens (tertiary/aromatic N) is 5. The largest absolute Gasteiger partial charge is 0.370 e. The summed E-state index contributed by atoms with van der Waals surface area (Å²) in [6, 6.07) is 6.78. The molecule has 1 aromatic rings. The van der Waals surface area contributed by atoms with Gasteiger partial charge in [0.15, 0.2) is 0 Å². The molecule has 0 aliphatic carbocycles. The lowest BCUT2D eigenvalue weighted by molar-refractivity contribution is -0.143. The van der Waals surface area contributed by atoms with Crippen LogP contribution in [0.3, 0.4) is 0 Å². The predicted octanol–water partition coefficient (Wildman–Crippen LogP) is -0.253. The third-order valence-corrected chi connectivity index (χ3v) is 5.51. The van der Waals surface area contributed by atoms with E-state index in [0.717, 1.165) is 64.7 Å². The molecule has 3 aliphatic heterocycles. The first-order valence-corrected chi connectivity index (χ1v) is 9.27. The Morgan fingerprint density at radius 1 is 1.08 bits per heavy atom. The average molecular weight is 345 g/mol. The van der Waals surface area contributed by atoms with Gasteiger partial charge in [-0.05, 0) is 12.1 Å². The number of carbonyl (C=O) groups is 1. The van der Waals surface area contributed by atoms with E-state index in [1.165, 1.54) is 0 Å². The number of carbonyl (C=O) groups excluding carboxylic acids is 1. The van der Waals surface area contributed by atoms with Gasteiger partial charge in [0.05, 0.1) is 6.61 Å². The molecule has 136 valence electrons. The zero-order valence-corrected chi connectivity index (χ0v) is 14.7. The van der Waals surface area contributed by atoms with Crippen molar-refractivity contribution in [2.75, 3.05) is 77.0 Å². The van der Waals surface area contributed by atoms with E-state index in [4.69, 9.17) is 4.74 Å². The van der Waals surface area contributed by atoms with Gasteiger partial charge in [-0.15, -0.1) is 0 Å². The molecule has 0 unspecified atom stereocenters. The topological polar surface area (TPSA) is 52.2 Å². The van der Waals surface area contributed by atoms with Crippen molar-refractivity contribution in [2.45, 2.75) is 6.04 Å². The summed E-state index contributed by atoms with van der Waals surface area (Å²) in [6.45, 7) is 10.1. The number of aromatic nitrogens is 1. The first-order chi connectivity index (χ1) is 12.3. The third kappa shape index (κ3) is 3.94. The van der Waals surface area contributed by atoms with Gasteiger partial charge in [-0.3, -0.25) is 14.6 Å². The minimum absolute atomic E-state index is 0.133. The molecule has 0 radical (unpaired) electrons. The molecule has 1 aromatic heterocycles. The third-order valence-electron chi connectivity index (χ3n) is 5.51. The SMILES string of the molecule is O=C1COCCN1CCN1CC(N2CCN(c3ccccn3)CC2)C1. The summed E-state index contributed by atoms with van der Waals surface area (Å²) in [7, 11) is 0. The number of likely N-dealkylation sites (tertiary alicyclic amines) is 1. The molecule has 0 aromatic carbocycles. The van der Waals surface area contributed by atoms with Gasteiger partial charge in [0.25, 0.3) is 0 Å². The molecule has 0 spiro atoms. The molecule has 1 amide bonds. The fourth-order valence-electron chi connectivity index (χ4n) is 3.86. The number of ether oxygens (including phenoxy) is 1. The van der Waals surface area contributed by atoms with Crippen molar-refractivity contribution in [3.63, 3.8) is 0 Å². The van der Waals surface area contributed by atoms with Crippen molar-refractivity contribution in [1.82, 2.24) is 19.7 Å². The number of piperazine rings is 1. The fraction of sp³-hybridized carbons (Fsp3) is 0.667. The summed E-state index contributed by atoms with van der Waals surface area (Å²) in [4.78, 5) is 25.6. The van der Waals surface area contributed by atoms with Crippen LogP contribution >= 0.6 is 0 Å². The molecular weight excluding hydrogens is 318 g/mol. The van der Waals surface area contributed by atoms with Gasteiger partial charge in [-0.1, -0.05) is 6.07 Å². The maximum Gasteiger partial charge on any atom is 0.248 e. The van der Waals surface area contributed by atoms with Crippen LogP contribution in [0.4, 0.5) is 5.82 Å². The number of amides is 1. The minimum atomic E-state index is 0.133. The van der Waals surface area contributed by atoms with Gasteiger partial charge in [0.1, 0.15) is 12.4 Å². The average Bonchev–Trinajstić information content (AvgIpc) is 2.63. The molecule has 3 saturated heterocycles. The molecule has 25 heavy (non-hydrogen) atoms. The van der Waals surface area contributed by atoms with Crippen LogP contribution in [0.5, 0.6) is 0 Å². The Labute approximate surface area is 149 Å². The normalized spacial score (nSPS) is 23.8. The van der Waals surface area contributed by atoms with Crippen molar-refractivity contribution in [1.29, 1.82) is 0 Å². The number of morpholine rings is 1. The molecule has 4 heterocycles. The Morgan fingerprint density at radius 3 is 2.64 bits per heavy atom. The van der Waals surface area contributed by atoms with Gasteiger partial charge < -0.3 is 14.5 Å². The molecular formula is C18H27N5O2. The van der Waals surface area contributed by atoms with Gasteiger partial charge in [0, 0.05) is 71.1 Å². The van der Waals surface area contributed by atoms with Crippen LogP contribution in [0.2, 0.25) is 0 Å². The molecule has 7 nitrogen and oxygen atoms in total. The van der Waals surface area contributed by atoms with Crippen molar-refractivity contribution in [3.8, 4) is 0 Å². The summed E-state index contributed by atoms with van der Waals surface area (Å²) in [6.07, 6.45) is 1.87. The monoisotopic (exact) mass is 345 g/mol. The van der Waals surface area contributed by atoms with Gasteiger partial charge in [0.2, 0.25) is 5.91 Å². The van der Waals surface area contributed by atoms with Crippen molar-refractivity contribution >= 4 is 11.7 Å². The Balaban J connectivity index is 1.16. The quantitative estimate of drug-likeness (QED) is 0.733. The first kappa shape index (κ1) is 16.8. The lowest BCUT2D eigenvalue weighted by Crippen LogP contribution is -2.64. The Morgan fingerprint density at radius 2 is 1.92 bits per heavy atom. The molecule has 3 aliphatic rings. The highest BCUT2D eigenvalue weighted by Gasteiger charge is 2.33. The molecule has 0 atom stereocenters. The maximum absolute atomic E-state index is 11.7. The lowest BCUT2D eigenvalue weighted by Gasteiger charge is -2.48. The molecule has 3 fully saturated rings. The van der Waals surface area contributed by atoms with Gasteiger partial charge >= 0.3 is 0 Å². The van der Waals surface area contributed by atoms with Crippen LogP contribution in [0, 0.1) is 0 Å². The zero-order chi connectivity index (χ0) is 17.1. The summed E-state index contributed by atoms with van der Waals surface area (Å²) in [5.74, 6) is 1.22. The molecule has 4 rings (SSSR count). The first-order valence-electron chi connectivity index (χ1n) is 9.27.